The van der Waals surface area contributed by atoms with Gasteiger partial charge in [-0.05, 0) is 36.4 Å². The van der Waals surface area contributed by atoms with Gasteiger partial charge in [0.2, 0.25) is 0 Å². The van der Waals surface area contributed by atoms with Crippen LogP contribution in [0.2, 0.25) is 5.02 Å². The summed E-state index contributed by atoms with van der Waals surface area (Å²) in [5.74, 6) is 0.961. The maximum absolute atomic E-state index is 6.18. The molecule has 0 amide bonds. The van der Waals surface area contributed by atoms with Gasteiger partial charge >= 0.3 is 0 Å². The van der Waals surface area contributed by atoms with E-state index in [9.17, 15) is 0 Å². The molecule has 0 aliphatic heterocycles. The molecule has 0 radical (unpaired) electrons. The first-order valence-electron chi connectivity index (χ1n) is 5.97. The Morgan fingerprint density at radius 1 is 1.28 bits per heavy atom. The van der Waals surface area contributed by atoms with Crippen molar-refractivity contribution in [1.29, 1.82) is 0 Å². The standard InChI is InChI=1S/C14H17ClN2O/c1-2-17(10-13-4-3-7-18-13)9-11-5-6-12(16)8-14(11)15/h3-8H,2,9-10,16H2,1H3. The number of hydrogen-bond donors (Lipinski definition) is 1. The molecule has 2 N–H and O–H groups in total. The topological polar surface area (TPSA) is 42.4 Å². The van der Waals surface area contributed by atoms with Gasteiger partial charge in [-0.3, -0.25) is 4.90 Å². The minimum atomic E-state index is 0.692. The predicted octanol–water partition coefficient (Wildman–Crippen LogP) is 3.54. The molecule has 0 saturated carbocycles. The molecule has 1 heterocycles. The van der Waals surface area contributed by atoms with E-state index in [4.69, 9.17) is 21.8 Å². The summed E-state index contributed by atoms with van der Waals surface area (Å²) in [6, 6.07) is 9.52. The number of hydrogen-bond acceptors (Lipinski definition) is 3. The summed E-state index contributed by atoms with van der Waals surface area (Å²) in [5.41, 5.74) is 7.46. The van der Waals surface area contributed by atoms with Crippen molar-refractivity contribution in [3.8, 4) is 0 Å². The van der Waals surface area contributed by atoms with Crippen LogP contribution in [0.25, 0.3) is 0 Å². The molecule has 2 aromatic rings. The fourth-order valence-corrected chi connectivity index (χ4v) is 2.08. The number of benzene rings is 1. The van der Waals surface area contributed by atoms with Crippen molar-refractivity contribution in [3.05, 3.63) is 52.9 Å². The molecule has 96 valence electrons. The van der Waals surface area contributed by atoms with Crippen LogP contribution in [0.4, 0.5) is 5.69 Å². The van der Waals surface area contributed by atoms with E-state index in [0.717, 1.165) is 31.0 Å². The Balaban J connectivity index is 2.05. The molecule has 2 rings (SSSR count). The molecule has 0 aliphatic carbocycles. The van der Waals surface area contributed by atoms with Gasteiger partial charge in [-0.15, -0.1) is 0 Å². The highest BCUT2D eigenvalue weighted by atomic mass is 35.5. The highest BCUT2D eigenvalue weighted by Gasteiger charge is 2.09. The molecule has 1 aromatic carbocycles. The van der Waals surface area contributed by atoms with Gasteiger partial charge in [0.15, 0.2) is 0 Å². The largest absolute Gasteiger partial charge is 0.468 e. The molecule has 0 saturated heterocycles. The molecule has 0 bridgehead atoms. The van der Waals surface area contributed by atoms with E-state index < -0.39 is 0 Å². The van der Waals surface area contributed by atoms with Gasteiger partial charge < -0.3 is 10.2 Å². The van der Waals surface area contributed by atoms with Crippen LogP contribution in [-0.2, 0) is 13.1 Å². The summed E-state index contributed by atoms with van der Waals surface area (Å²) >= 11 is 6.18. The Morgan fingerprint density at radius 2 is 2.11 bits per heavy atom. The lowest BCUT2D eigenvalue weighted by molar-refractivity contribution is 0.248. The second-order valence-corrected chi connectivity index (χ2v) is 4.64. The van der Waals surface area contributed by atoms with Crippen LogP contribution >= 0.6 is 11.6 Å². The zero-order chi connectivity index (χ0) is 13.0. The normalized spacial score (nSPS) is 11.1. The van der Waals surface area contributed by atoms with E-state index in [1.165, 1.54) is 0 Å². The molecule has 18 heavy (non-hydrogen) atoms. The van der Waals surface area contributed by atoms with Crippen LogP contribution in [0.5, 0.6) is 0 Å². The van der Waals surface area contributed by atoms with Crippen molar-refractivity contribution in [3.63, 3.8) is 0 Å². The summed E-state index contributed by atoms with van der Waals surface area (Å²) in [6.07, 6.45) is 1.69. The van der Waals surface area contributed by atoms with Crippen LogP contribution in [0.15, 0.2) is 41.0 Å². The van der Waals surface area contributed by atoms with Crippen LogP contribution < -0.4 is 5.73 Å². The maximum Gasteiger partial charge on any atom is 0.117 e. The summed E-state index contributed by atoms with van der Waals surface area (Å²) in [5, 5.41) is 0.716. The van der Waals surface area contributed by atoms with Crippen LogP contribution in [0.3, 0.4) is 0 Å². The van der Waals surface area contributed by atoms with E-state index in [2.05, 4.69) is 11.8 Å². The van der Waals surface area contributed by atoms with Gasteiger partial charge in [0.05, 0.1) is 12.8 Å². The average molecular weight is 265 g/mol. The van der Waals surface area contributed by atoms with E-state index in [0.29, 0.717) is 10.7 Å². The molecular weight excluding hydrogens is 248 g/mol. The summed E-state index contributed by atoms with van der Waals surface area (Å²) in [6.45, 7) is 4.62. The zero-order valence-electron chi connectivity index (χ0n) is 10.4. The van der Waals surface area contributed by atoms with Crippen molar-refractivity contribution in [2.45, 2.75) is 20.0 Å². The summed E-state index contributed by atoms with van der Waals surface area (Å²) in [4.78, 5) is 2.26. The number of halogens is 1. The Bertz CT molecular complexity index is 497. The van der Waals surface area contributed by atoms with Crippen molar-refractivity contribution in [1.82, 2.24) is 4.90 Å². The van der Waals surface area contributed by atoms with E-state index >= 15 is 0 Å². The average Bonchev–Trinajstić information content (AvgIpc) is 2.84. The number of nitrogen functional groups attached to an aromatic ring is 1. The maximum atomic E-state index is 6.18. The highest BCUT2D eigenvalue weighted by molar-refractivity contribution is 6.31. The molecule has 0 unspecified atom stereocenters. The zero-order valence-corrected chi connectivity index (χ0v) is 11.2. The van der Waals surface area contributed by atoms with E-state index in [-0.39, 0.29) is 0 Å². The SMILES string of the molecule is CCN(Cc1ccco1)Cc1ccc(N)cc1Cl. The Morgan fingerprint density at radius 3 is 2.72 bits per heavy atom. The van der Waals surface area contributed by atoms with Gasteiger partial charge in [0.1, 0.15) is 5.76 Å². The van der Waals surface area contributed by atoms with Crippen molar-refractivity contribution in [2.75, 3.05) is 12.3 Å². The second-order valence-electron chi connectivity index (χ2n) is 4.23. The van der Waals surface area contributed by atoms with Crippen LogP contribution in [-0.4, -0.2) is 11.4 Å². The van der Waals surface area contributed by atoms with Crippen molar-refractivity contribution < 1.29 is 4.42 Å². The quantitative estimate of drug-likeness (QED) is 0.840. The lowest BCUT2D eigenvalue weighted by Crippen LogP contribution is -2.22. The fraction of sp³-hybridized carbons (Fsp3) is 0.286. The molecule has 4 heteroatoms. The van der Waals surface area contributed by atoms with Crippen molar-refractivity contribution in [2.24, 2.45) is 0 Å². The van der Waals surface area contributed by atoms with Crippen LogP contribution in [0.1, 0.15) is 18.2 Å². The first-order valence-corrected chi connectivity index (χ1v) is 6.35. The van der Waals surface area contributed by atoms with Gasteiger partial charge in [0.25, 0.3) is 0 Å². The first-order chi connectivity index (χ1) is 8.69. The number of rotatable bonds is 5. The van der Waals surface area contributed by atoms with Crippen molar-refractivity contribution >= 4 is 17.3 Å². The van der Waals surface area contributed by atoms with E-state index in [1.54, 1.807) is 12.3 Å². The van der Waals surface area contributed by atoms with Crippen LogP contribution in [0, 0.1) is 0 Å². The smallest absolute Gasteiger partial charge is 0.117 e. The summed E-state index contributed by atoms with van der Waals surface area (Å²) < 4.78 is 5.36. The minimum absolute atomic E-state index is 0.692. The molecule has 0 aliphatic rings. The predicted molar refractivity (Wildman–Crippen MR) is 74.4 cm³/mol. The van der Waals surface area contributed by atoms with Gasteiger partial charge in [0, 0.05) is 17.3 Å². The third-order valence-corrected chi connectivity index (χ3v) is 3.23. The Hall–Kier alpha value is -1.45. The van der Waals surface area contributed by atoms with Gasteiger partial charge in [-0.2, -0.15) is 0 Å². The second kappa shape index (κ2) is 5.94. The lowest BCUT2D eigenvalue weighted by Gasteiger charge is -2.20. The Kier molecular flexibility index (Phi) is 4.28. The number of anilines is 1. The monoisotopic (exact) mass is 264 g/mol. The third-order valence-electron chi connectivity index (χ3n) is 2.88. The Labute approximate surface area is 112 Å². The number of furan rings is 1. The number of nitrogens with zero attached hydrogens (tertiary/aromatic N) is 1. The summed E-state index contributed by atoms with van der Waals surface area (Å²) in [7, 11) is 0. The molecule has 3 nitrogen and oxygen atoms in total. The minimum Gasteiger partial charge on any atom is -0.468 e. The molecule has 1 aromatic heterocycles. The van der Waals surface area contributed by atoms with Gasteiger partial charge in [-0.25, -0.2) is 0 Å². The molecule has 0 spiro atoms. The lowest BCUT2D eigenvalue weighted by atomic mass is 10.2. The third kappa shape index (κ3) is 3.28. The van der Waals surface area contributed by atoms with Gasteiger partial charge in [-0.1, -0.05) is 24.6 Å². The van der Waals surface area contributed by atoms with E-state index in [1.807, 2.05) is 24.3 Å². The molecule has 0 fully saturated rings. The fourth-order valence-electron chi connectivity index (χ4n) is 1.84. The molecule has 0 atom stereocenters. The first kappa shape index (κ1) is 13.0. The highest BCUT2D eigenvalue weighted by Crippen LogP contribution is 2.21. The number of nitrogens with two attached hydrogens (primary N) is 1. The molecular formula is C14H17ClN2O.